The second kappa shape index (κ2) is 7.36. The van der Waals surface area contributed by atoms with Crippen molar-refractivity contribution >= 4 is 5.91 Å². The van der Waals surface area contributed by atoms with Gasteiger partial charge in [-0.15, -0.1) is 0 Å². The van der Waals surface area contributed by atoms with Crippen molar-refractivity contribution in [3.8, 4) is 6.07 Å². The largest absolute Gasteiger partial charge is 0.336 e. The number of hydrogen-bond acceptors (Lipinski definition) is 4. The van der Waals surface area contributed by atoms with Gasteiger partial charge in [0.2, 0.25) is 5.91 Å². The van der Waals surface area contributed by atoms with Crippen LogP contribution in [0.5, 0.6) is 0 Å². The second-order valence-electron chi connectivity index (χ2n) is 3.62. The molecule has 5 heteroatoms. The Morgan fingerprint density at radius 1 is 1.65 bits per heavy atom. The minimum Gasteiger partial charge on any atom is -0.336 e. The maximum absolute atomic E-state index is 11.8. The van der Waals surface area contributed by atoms with Crippen LogP contribution in [-0.4, -0.2) is 35.9 Å². The number of nitrogens with zero attached hydrogens (tertiary/aromatic N) is 3. The smallest absolute Gasteiger partial charge is 0.236 e. The molecule has 0 saturated heterocycles. The molecule has 0 fully saturated rings. The molecule has 0 atom stereocenters. The van der Waals surface area contributed by atoms with E-state index < -0.39 is 0 Å². The lowest BCUT2D eigenvalue weighted by Gasteiger charge is -2.21. The molecule has 0 aliphatic carbocycles. The zero-order valence-electron chi connectivity index (χ0n) is 9.89. The Morgan fingerprint density at radius 2 is 2.47 bits per heavy atom. The monoisotopic (exact) mass is 232 g/mol. The average molecular weight is 232 g/mol. The lowest BCUT2D eigenvalue weighted by Crippen LogP contribution is -2.37. The van der Waals surface area contributed by atoms with Gasteiger partial charge in [-0.2, -0.15) is 5.26 Å². The molecule has 1 aromatic heterocycles. The summed E-state index contributed by atoms with van der Waals surface area (Å²) in [5.74, 6) is -0.00777. The van der Waals surface area contributed by atoms with Gasteiger partial charge in [0.05, 0.1) is 19.0 Å². The molecule has 0 aliphatic heterocycles. The van der Waals surface area contributed by atoms with E-state index in [1.165, 1.54) is 0 Å². The summed E-state index contributed by atoms with van der Waals surface area (Å²) in [4.78, 5) is 17.5. The van der Waals surface area contributed by atoms with E-state index in [0.29, 0.717) is 19.5 Å². The van der Waals surface area contributed by atoms with Crippen LogP contribution in [0, 0.1) is 11.3 Å². The van der Waals surface area contributed by atoms with E-state index in [4.69, 9.17) is 5.26 Å². The number of pyridine rings is 1. The van der Waals surface area contributed by atoms with Gasteiger partial charge >= 0.3 is 0 Å². The van der Waals surface area contributed by atoms with Crippen LogP contribution in [0.4, 0.5) is 0 Å². The predicted octanol–water partition coefficient (Wildman–Crippen LogP) is 0.543. The first kappa shape index (κ1) is 13.1. The fraction of sp³-hybridized carbons (Fsp3) is 0.417. The standard InChI is InChI=1S/C12H16N4O/c1-14-9-12(17)16(7-3-5-13)10-11-4-2-6-15-8-11/h2,4,6,8,14H,3,7,9-10H2,1H3. The highest BCUT2D eigenvalue weighted by Crippen LogP contribution is 2.03. The van der Waals surface area contributed by atoms with Crippen molar-refractivity contribution in [2.75, 3.05) is 20.1 Å². The third-order valence-electron chi connectivity index (χ3n) is 2.27. The quantitative estimate of drug-likeness (QED) is 0.777. The van der Waals surface area contributed by atoms with Gasteiger partial charge in [-0.1, -0.05) is 6.07 Å². The molecular formula is C12H16N4O. The predicted molar refractivity (Wildman–Crippen MR) is 63.8 cm³/mol. The lowest BCUT2D eigenvalue weighted by molar-refractivity contribution is -0.130. The first-order valence-corrected chi connectivity index (χ1v) is 5.46. The van der Waals surface area contributed by atoms with Crippen LogP contribution < -0.4 is 5.32 Å². The third-order valence-corrected chi connectivity index (χ3v) is 2.27. The Balaban J connectivity index is 2.63. The molecule has 0 saturated carbocycles. The summed E-state index contributed by atoms with van der Waals surface area (Å²) in [5, 5.41) is 11.4. The van der Waals surface area contributed by atoms with Crippen LogP contribution in [0.3, 0.4) is 0 Å². The number of amides is 1. The molecule has 1 N–H and O–H groups in total. The number of likely N-dealkylation sites (N-methyl/N-ethyl adjacent to an activating group) is 1. The van der Waals surface area contributed by atoms with Crippen LogP contribution in [0.1, 0.15) is 12.0 Å². The van der Waals surface area contributed by atoms with Crippen molar-refractivity contribution in [2.24, 2.45) is 0 Å². The van der Waals surface area contributed by atoms with Crippen molar-refractivity contribution in [1.82, 2.24) is 15.2 Å². The fourth-order valence-corrected chi connectivity index (χ4v) is 1.45. The average Bonchev–Trinajstić information content (AvgIpc) is 2.36. The van der Waals surface area contributed by atoms with Crippen LogP contribution in [0.2, 0.25) is 0 Å². The summed E-state index contributed by atoms with van der Waals surface area (Å²) < 4.78 is 0. The molecule has 1 rings (SSSR count). The molecule has 1 amide bonds. The summed E-state index contributed by atoms with van der Waals surface area (Å²) >= 11 is 0. The number of nitrogens with one attached hydrogen (secondary N) is 1. The van der Waals surface area contributed by atoms with Crippen molar-refractivity contribution in [2.45, 2.75) is 13.0 Å². The molecule has 1 aromatic rings. The van der Waals surface area contributed by atoms with Gasteiger partial charge < -0.3 is 10.2 Å². The van der Waals surface area contributed by atoms with E-state index >= 15 is 0 Å². The Bertz CT molecular complexity index is 385. The minimum atomic E-state index is -0.00777. The lowest BCUT2D eigenvalue weighted by atomic mass is 10.2. The van der Waals surface area contributed by atoms with Crippen LogP contribution >= 0.6 is 0 Å². The normalized spacial score (nSPS) is 9.65. The van der Waals surface area contributed by atoms with Crippen molar-refractivity contribution < 1.29 is 4.79 Å². The van der Waals surface area contributed by atoms with E-state index in [0.717, 1.165) is 5.56 Å². The van der Waals surface area contributed by atoms with Gasteiger partial charge in [0.1, 0.15) is 0 Å². The van der Waals surface area contributed by atoms with Crippen LogP contribution in [0.15, 0.2) is 24.5 Å². The molecule has 0 unspecified atom stereocenters. The Hall–Kier alpha value is -1.93. The maximum Gasteiger partial charge on any atom is 0.236 e. The Labute approximate surface area is 101 Å². The van der Waals surface area contributed by atoms with Crippen LogP contribution in [-0.2, 0) is 11.3 Å². The van der Waals surface area contributed by atoms with Gasteiger partial charge in [-0.05, 0) is 18.7 Å². The number of rotatable bonds is 6. The van der Waals surface area contributed by atoms with Gasteiger partial charge in [-0.3, -0.25) is 9.78 Å². The molecule has 5 nitrogen and oxygen atoms in total. The second-order valence-corrected chi connectivity index (χ2v) is 3.62. The first-order valence-electron chi connectivity index (χ1n) is 5.46. The number of carbonyl (C=O) groups is 1. The first-order chi connectivity index (χ1) is 8.27. The van der Waals surface area contributed by atoms with Crippen LogP contribution in [0.25, 0.3) is 0 Å². The fourth-order valence-electron chi connectivity index (χ4n) is 1.45. The van der Waals surface area contributed by atoms with Gasteiger partial charge in [0.15, 0.2) is 0 Å². The number of hydrogen-bond donors (Lipinski definition) is 1. The van der Waals surface area contributed by atoms with Gasteiger partial charge in [0, 0.05) is 25.5 Å². The molecular weight excluding hydrogens is 216 g/mol. The Morgan fingerprint density at radius 3 is 3.06 bits per heavy atom. The van der Waals surface area contributed by atoms with Crippen molar-refractivity contribution in [3.05, 3.63) is 30.1 Å². The maximum atomic E-state index is 11.8. The summed E-state index contributed by atoms with van der Waals surface area (Å²) in [6, 6.07) is 5.80. The highest BCUT2D eigenvalue weighted by atomic mass is 16.2. The minimum absolute atomic E-state index is 0.00777. The molecule has 0 spiro atoms. The van der Waals surface area contributed by atoms with E-state index in [9.17, 15) is 4.79 Å². The van der Waals surface area contributed by atoms with E-state index in [2.05, 4.69) is 16.4 Å². The van der Waals surface area contributed by atoms with E-state index in [-0.39, 0.29) is 12.5 Å². The highest BCUT2D eigenvalue weighted by Gasteiger charge is 2.12. The SMILES string of the molecule is CNCC(=O)N(CCC#N)Cc1cccnc1. The number of carbonyl (C=O) groups excluding carboxylic acids is 1. The summed E-state index contributed by atoms with van der Waals surface area (Å²) in [5.41, 5.74) is 0.967. The van der Waals surface area contributed by atoms with Gasteiger partial charge in [-0.25, -0.2) is 0 Å². The molecule has 17 heavy (non-hydrogen) atoms. The summed E-state index contributed by atoms with van der Waals surface area (Å²) in [7, 11) is 1.73. The zero-order chi connectivity index (χ0) is 12.5. The highest BCUT2D eigenvalue weighted by molar-refractivity contribution is 5.78. The summed E-state index contributed by atoms with van der Waals surface area (Å²) in [6.45, 7) is 1.23. The number of nitriles is 1. The molecule has 0 aliphatic rings. The topological polar surface area (TPSA) is 69.0 Å². The molecule has 0 radical (unpaired) electrons. The van der Waals surface area contributed by atoms with E-state index in [1.807, 2.05) is 12.1 Å². The van der Waals surface area contributed by atoms with E-state index in [1.54, 1.807) is 24.3 Å². The molecule has 0 aromatic carbocycles. The van der Waals surface area contributed by atoms with Crippen molar-refractivity contribution in [3.63, 3.8) is 0 Å². The van der Waals surface area contributed by atoms with Gasteiger partial charge in [0.25, 0.3) is 0 Å². The molecule has 1 heterocycles. The summed E-state index contributed by atoms with van der Waals surface area (Å²) in [6.07, 6.45) is 3.76. The zero-order valence-corrected chi connectivity index (χ0v) is 9.89. The Kier molecular flexibility index (Phi) is 5.69. The molecule has 90 valence electrons. The van der Waals surface area contributed by atoms with Crippen molar-refractivity contribution in [1.29, 1.82) is 5.26 Å². The number of aromatic nitrogens is 1. The molecule has 0 bridgehead atoms. The third kappa shape index (κ3) is 4.62.